The zero-order chi connectivity index (χ0) is 19.8. The number of nitrogens with zero attached hydrogens (tertiary/aromatic N) is 2. The molecular formula is C21H31IN4OS2. The van der Waals surface area contributed by atoms with Gasteiger partial charge >= 0.3 is 0 Å². The van der Waals surface area contributed by atoms with Crippen LogP contribution in [-0.2, 0) is 17.7 Å². The van der Waals surface area contributed by atoms with Crippen molar-refractivity contribution in [3.8, 4) is 0 Å². The van der Waals surface area contributed by atoms with Gasteiger partial charge in [-0.05, 0) is 47.4 Å². The Morgan fingerprint density at radius 3 is 2.76 bits per heavy atom. The van der Waals surface area contributed by atoms with Crippen molar-refractivity contribution < 1.29 is 4.74 Å². The van der Waals surface area contributed by atoms with E-state index < -0.39 is 0 Å². The number of hydrogen-bond acceptors (Lipinski definition) is 5. The Hall–Kier alpha value is -0.810. The van der Waals surface area contributed by atoms with Crippen molar-refractivity contribution in [2.45, 2.75) is 23.9 Å². The van der Waals surface area contributed by atoms with Crippen LogP contribution in [0.1, 0.15) is 22.0 Å². The third-order valence-corrected chi connectivity index (χ3v) is 6.83. The van der Waals surface area contributed by atoms with Crippen molar-refractivity contribution in [1.29, 1.82) is 0 Å². The highest BCUT2D eigenvalue weighted by molar-refractivity contribution is 14.0. The maximum atomic E-state index is 5.12. The lowest BCUT2D eigenvalue weighted by Gasteiger charge is -2.35. The highest BCUT2D eigenvalue weighted by Crippen LogP contribution is 2.31. The predicted octanol–water partition coefficient (Wildman–Crippen LogP) is 4.00. The number of aliphatic imine (C=N–C) groups is 1. The molecule has 0 fully saturated rings. The van der Waals surface area contributed by atoms with E-state index in [9.17, 15) is 0 Å². The van der Waals surface area contributed by atoms with Crippen LogP contribution in [0.15, 0.2) is 45.6 Å². The highest BCUT2D eigenvalue weighted by Gasteiger charge is 2.25. The normalized spacial score (nSPS) is 15.3. The molecule has 0 aliphatic carbocycles. The molecule has 1 aromatic carbocycles. The first kappa shape index (κ1) is 24.5. The molecule has 0 amide bonds. The van der Waals surface area contributed by atoms with Gasteiger partial charge in [-0.2, -0.15) is 0 Å². The maximum absolute atomic E-state index is 5.12. The summed E-state index contributed by atoms with van der Waals surface area (Å²) in [5.41, 5.74) is 2.82. The van der Waals surface area contributed by atoms with Crippen LogP contribution in [0.2, 0.25) is 0 Å². The molecule has 1 atom stereocenters. The summed E-state index contributed by atoms with van der Waals surface area (Å²) in [4.78, 5) is 9.76. The molecule has 0 bridgehead atoms. The summed E-state index contributed by atoms with van der Waals surface area (Å²) in [6.45, 7) is 4.30. The second kappa shape index (κ2) is 12.8. The fourth-order valence-corrected chi connectivity index (χ4v) is 4.80. The Morgan fingerprint density at radius 1 is 1.28 bits per heavy atom. The average Bonchev–Trinajstić information content (AvgIpc) is 3.21. The Labute approximate surface area is 199 Å². The number of nitrogens with one attached hydrogen (secondary N) is 2. The van der Waals surface area contributed by atoms with Crippen molar-refractivity contribution in [2.24, 2.45) is 4.99 Å². The Bertz CT molecular complexity index is 766. The van der Waals surface area contributed by atoms with E-state index in [4.69, 9.17) is 4.74 Å². The van der Waals surface area contributed by atoms with Crippen molar-refractivity contribution in [3.05, 3.63) is 51.7 Å². The first-order valence-corrected chi connectivity index (χ1v) is 11.7. The molecular weight excluding hydrogens is 515 g/mol. The molecule has 0 saturated carbocycles. The van der Waals surface area contributed by atoms with Gasteiger partial charge in [0.2, 0.25) is 0 Å². The molecule has 1 aromatic heterocycles. The minimum absolute atomic E-state index is 0. The molecule has 160 valence electrons. The van der Waals surface area contributed by atoms with Gasteiger partial charge in [0.15, 0.2) is 5.96 Å². The van der Waals surface area contributed by atoms with Crippen molar-refractivity contribution in [1.82, 2.24) is 15.5 Å². The number of halogens is 1. The molecule has 8 heteroatoms. The third-order valence-electron chi connectivity index (χ3n) is 5.06. The lowest BCUT2D eigenvalue weighted by Crippen LogP contribution is -2.44. The number of guanidine groups is 1. The smallest absolute Gasteiger partial charge is 0.191 e. The molecule has 0 radical (unpaired) electrons. The summed E-state index contributed by atoms with van der Waals surface area (Å²) in [6, 6.07) is 11.5. The predicted molar refractivity (Wildman–Crippen MR) is 136 cm³/mol. The number of hydrogen-bond donors (Lipinski definition) is 2. The summed E-state index contributed by atoms with van der Waals surface area (Å²) >= 11 is 3.67. The van der Waals surface area contributed by atoms with Crippen LogP contribution in [-0.4, -0.2) is 57.5 Å². The van der Waals surface area contributed by atoms with Gasteiger partial charge in [0, 0.05) is 50.1 Å². The Balaban J connectivity index is 0.00000300. The minimum Gasteiger partial charge on any atom is -0.383 e. The van der Waals surface area contributed by atoms with E-state index in [1.165, 1.54) is 20.9 Å². The highest BCUT2D eigenvalue weighted by atomic mass is 127. The SMILES string of the molecule is CN=C(NCCOC)NCC(c1ccc(SC)cc1)N1CCc2sccc2C1.I. The number of fused-ring (bicyclic) bond motifs is 1. The standard InChI is InChI=1S/C21H30N4OS2.HI/c1-22-21(23-10-12-26-2)24-14-19(16-4-6-18(27-3)7-5-16)25-11-8-20-17(15-25)9-13-28-20;/h4-7,9,13,19H,8,10-12,14-15H2,1-3H3,(H2,22,23,24);1H. The van der Waals surface area contributed by atoms with Gasteiger partial charge in [0.1, 0.15) is 0 Å². The van der Waals surface area contributed by atoms with Gasteiger partial charge in [0.25, 0.3) is 0 Å². The molecule has 0 saturated heterocycles. The van der Waals surface area contributed by atoms with E-state index in [1.54, 1.807) is 18.9 Å². The van der Waals surface area contributed by atoms with Crippen LogP contribution in [0.4, 0.5) is 0 Å². The summed E-state index contributed by atoms with van der Waals surface area (Å²) in [6.07, 6.45) is 3.25. The zero-order valence-corrected chi connectivity index (χ0v) is 21.3. The van der Waals surface area contributed by atoms with E-state index >= 15 is 0 Å². The van der Waals surface area contributed by atoms with Gasteiger partial charge in [-0.1, -0.05) is 12.1 Å². The van der Waals surface area contributed by atoms with E-state index in [0.717, 1.165) is 38.6 Å². The van der Waals surface area contributed by atoms with E-state index in [2.05, 4.69) is 62.5 Å². The first-order chi connectivity index (χ1) is 13.7. The molecule has 1 unspecified atom stereocenters. The molecule has 3 rings (SSSR count). The molecule has 2 N–H and O–H groups in total. The molecule has 2 heterocycles. The van der Waals surface area contributed by atoms with Gasteiger partial charge in [-0.25, -0.2) is 0 Å². The zero-order valence-electron chi connectivity index (χ0n) is 17.3. The summed E-state index contributed by atoms with van der Waals surface area (Å²) < 4.78 is 5.12. The van der Waals surface area contributed by atoms with Crippen LogP contribution in [0.3, 0.4) is 0 Å². The van der Waals surface area contributed by atoms with Gasteiger partial charge in [-0.3, -0.25) is 9.89 Å². The molecule has 0 spiro atoms. The number of benzene rings is 1. The topological polar surface area (TPSA) is 48.9 Å². The van der Waals surface area contributed by atoms with Crippen molar-refractivity contribution >= 4 is 53.0 Å². The van der Waals surface area contributed by atoms with Crippen LogP contribution in [0.5, 0.6) is 0 Å². The molecule has 1 aliphatic heterocycles. The minimum atomic E-state index is 0. The average molecular weight is 547 g/mol. The van der Waals surface area contributed by atoms with Gasteiger partial charge < -0.3 is 15.4 Å². The fraction of sp³-hybridized carbons (Fsp3) is 0.476. The van der Waals surface area contributed by atoms with Crippen molar-refractivity contribution in [2.75, 3.05) is 46.7 Å². The third kappa shape index (κ3) is 6.85. The Kier molecular flexibility index (Phi) is 10.8. The van der Waals surface area contributed by atoms with Crippen LogP contribution >= 0.6 is 47.1 Å². The second-order valence-electron chi connectivity index (χ2n) is 6.75. The van der Waals surface area contributed by atoms with E-state index in [1.807, 2.05) is 18.4 Å². The summed E-state index contributed by atoms with van der Waals surface area (Å²) in [7, 11) is 3.52. The maximum Gasteiger partial charge on any atom is 0.191 e. The van der Waals surface area contributed by atoms with Gasteiger partial charge in [-0.15, -0.1) is 47.1 Å². The summed E-state index contributed by atoms with van der Waals surface area (Å²) in [5.74, 6) is 0.816. The van der Waals surface area contributed by atoms with E-state index in [0.29, 0.717) is 12.6 Å². The first-order valence-electron chi connectivity index (χ1n) is 9.62. The summed E-state index contributed by atoms with van der Waals surface area (Å²) in [5, 5.41) is 9.03. The Morgan fingerprint density at radius 2 is 2.07 bits per heavy atom. The number of thioether (sulfide) groups is 1. The van der Waals surface area contributed by atoms with Crippen LogP contribution in [0.25, 0.3) is 0 Å². The molecule has 29 heavy (non-hydrogen) atoms. The molecule has 2 aromatic rings. The lowest BCUT2D eigenvalue weighted by atomic mass is 10.0. The van der Waals surface area contributed by atoms with Gasteiger partial charge in [0.05, 0.1) is 12.6 Å². The van der Waals surface area contributed by atoms with Crippen LogP contribution < -0.4 is 10.6 Å². The van der Waals surface area contributed by atoms with Crippen molar-refractivity contribution in [3.63, 3.8) is 0 Å². The number of rotatable bonds is 8. The quantitative estimate of drug-likeness (QED) is 0.172. The largest absolute Gasteiger partial charge is 0.383 e. The monoisotopic (exact) mass is 546 g/mol. The number of thiophene rings is 1. The fourth-order valence-electron chi connectivity index (χ4n) is 3.51. The number of methoxy groups -OCH3 is 1. The van der Waals surface area contributed by atoms with E-state index in [-0.39, 0.29) is 24.0 Å². The second-order valence-corrected chi connectivity index (χ2v) is 8.63. The molecule has 5 nitrogen and oxygen atoms in total. The van der Waals surface area contributed by atoms with Crippen LogP contribution in [0, 0.1) is 0 Å². The molecule has 1 aliphatic rings. The number of ether oxygens (including phenoxy) is 1. The lowest BCUT2D eigenvalue weighted by molar-refractivity contribution is 0.180.